The van der Waals surface area contributed by atoms with Crippen molar-refractivity contribution in [1.82, 2.24) is 5.32 Å². The lowest BCUT2D eigenvalue weighted by molar-refractivity contribution is -0.116. The van der Waals surface area contributed by atoms with Crippen molar-refractivity contribution in [3.8, 4) is 17.2 Å². The number of benzene rings is 2. The van der Waals surface area contributed by atoms with Crippen LogP contribution in [0.25, 0.3) is 0 Å². The molecule has 7 nitrogen and oxygen atoms in total. The summed E-state index contributed by atoms with van der Waals surface area (Å²) >= 11 is 0. The van der Waals surface area contributed by atoms with Gasteiger partial charge in [0, 0.05) is 36.3 Å². The Morgan fingerprint density at radius 3 is 2.19 bits per heavy atom. The van der Waals surface area contributed by atoms with Gasteiger partial charge in [0.2, 0.25) is 11.7 Å². The molecule has 0 atom stereocenters. The van der Waals surface area contributed by atoms with E-state index in [1.54, 1.807) is 24.3 Å². The van der Waals surface area contributed by atoms with Crippen molar-refractivity contribution in [2.45, 2.75) is 13.3 Å². The second-order valence-electron chi connectivity index (χ2n) is 5.84. The van der Waals surface area contributed by atoms with Crippen molar-refractivity contribution in [2.75, 3.05) is 33.2 Å². The molecule has 2 aromatic rings. The van der Waals surface area contributed by atoms with Gasteiger partial charge in [0.15, 0.2) is 11.5 Å². The van der Waals surface area contributed by atoms with Crippen LogP contribution >= 0.6 is 0 Å². The molecule has 7 heteroatoms. The van der Waals surface area contributed by atoms with E-state index in [4.69, 9.17) is 14.2 Å². The van der Waals surface area contributed by atoms with E-state index in [9.17, 15) is 9.59 Å². The average molecular weight is 372 g/mol. The lowest BCUT2D eigenvalue weighted by atomic mass is 10.1. The molecule has 0 unspecified atom stereocenters. The third-order valence-corrected chi connectivity index (χ3v) is 3.87. The van der Waals surface area contributed by atoms with E-state index < -0.39 is 0 Å². The van der Waals surface area contributed by atoms with E-state index in [0.29, 0.717) is 28.5 Å². The number of carbonyl (C=O) groups excluding carboxylic acids is 2. The van der Waals surface area contributed by atoms with Gasteiger partial charge in [-0.05, 0) is 19.1 Å². The summed E-state index contributed by atoms with van der Waals surface area (Å²) in [6.07, 6.45) is 0.133. The van der Waals surface area contributed by atoms with Crippen LogP contribution in [0.15, 0.2) is 36.4 Å². The number of hydrogen-bond acceptors (Lipinski definition) is 5. The van der Waals surface area contributed by atoms with Crippen molar-refractivity contribution >= 4 is 17.5 Å². The molecular formula is C20H24N2O5. The van der Waals surface area contributed by atoms with Gasteiger partial charge in [0.1, 0.15) is 0 Å². The fourth-order valence-corrected chi connectivity index (χ4v) is 2.55. The highest BCUT2D eigenvalue weighted by atomic mass is 16.5. The first-order valence-electron chi connectivity index (χ1n) is 8.43. The monoisotopic (exact) mass is 372 g/mol. The summed E-state index contributed by atoms with van der Waals surface area (Å²) in [4.78, 5) is 24.2. The Morgan fingerprint density at radius 2 is 1.63 bits per heavy atom. The molecule has 0 aliphatic heterocycles. The van der Waals surface area contributed by atoms with E-state index in [0.717, 1.165) is 5.56 Å². The molecule has 0 saturated heterocycles. The molecule has 2 aromatic carbocycles. The first-order chi connectivity index (χ1) is 13.0. The highest BCUT2D eigenvalue weighted by Crippen LogP contribution is 2.39. The van der Waals surface area contributed by atoms with Crippen LogP contribution in [-0.4, -0.2) is 39.7 Å². The molecule has 0 radical (unpaired) electrons. The molecule has 2 N–H and O–H groups in total. The van der Waals surface area contributed by atoms with Gasteiger partial charge in [-0.25, -0.2) is 0 Å². The van der Waals surface area contributed by atoms with Crippen LogP contribution in [0.2, 0.25) is 0 Å². The van der Waals surface area contributed by atoms with Gasteiger partial charge >= 0.3 is 0 Å². The second-order valence-corrected chi connectivity index (χ2v) is 5.84. The largest absolute Gasteiger partial charge is 0.493 e. The first-order valence-corrected chi connectivity index (χ1v) is 8.43. The average Bonchev–Trinajstić information content (AvgIpc) is 2.66. The standard InChI is InChI=1S/C20H24N2O5/c1-13-6-5-7-14(10-13)20(24)21-9-8-18(23)22-15-11-16(25-2)19(27-4)17(12-15)26-3/h5-7,10-12H,8-9H2,1-4H3,(H,21,24)(H,22,23). The van der Waals surface area contributed by atoms with Gasteiger partial charge in [0.25, 0.3) is 5.91 Å². The highest BCUT2D eigenvalue weighted by Gasteiger charge is 2.14. The molecule has 0 bridgehead atoms. The third-order valence-electron chi connectivity index (χ3n) is 3.87. The Morgan fingerprint density at radius 1 is 0.963 bits per heavy atom. The van der Waals surface area contributed by atoms with Crippen LogP contribution < -0.4 is 24.8 Å². The minimum Gasteiger partial charge on any atom is -0.493 e. The van der Waals surface area contributed by atoms with Crippen LogP contribution in [0.1, 0.15) is 22.3 Å². The zero-order valence-corrected chi connectivity index (χ0v) is 15.9. The number of anilines is 1. The number of hydrogen-bond donors (Lipinski definition) is 2. The molecule has 0 spiro atoms. The zero-order valence-electron chi connectivity index (χ0n) is 15.9. The Hall–Kier alpha value is -3.22. The molecule has 2 amide bonds. The predicted molar refractivity (Wildman–Crippen MR) is 103 cm³/mol. The predicted octanol–water partition coefficient (Wildman–Crippen LogP) is 2.78. The van der Waals surface area contributed by atoms with Crippen molar-refractivity contribution in [1.29, 1.82) is 0 Å². The van der Waals surface area contributed by atoms with Crippen molar-refractivity contribution in [3.63, 3.8) is 0 Å². The van der Waals surface area contributed by atoms with Crippen molar-refractivity contribution < 1.29 is 23.8 Å². The van der Waals surface area contributed by atoms with E-state index in [1.807, 2.05) is 19.1 Å². The number of aryl methyl sites for hydroxylation is 1. The Labute approximate surface area is 158 Å². The zero-order chi connectivity index (χ0) is 19.8. The number of carbonyl (C=O) groups is 2. The van der Waals surface area contributed by atoms with E-state index in [-0.39, 0.29) is 24.8 Å². The molecule has 0 heterocycles. The fourth-order valence-electron chi connectivity index (χ4n) is 2.55. The molecule has 27 heavy (non-hydrogen) atoms. The molecule has 0 aromatic heterocycles. The maximum atomic E-state index is 12.2. The summed E-state index contributed by atoms with van der Waals surface area (Å²) in [6.45, 7) is 2.14. The molecule has 144 valence electrons. The third kappa shape index (κ3) is 5.37. The minimum atomic E-state index is -0.242. The van der Waals surface area contributed by atoms with Crippen molar-refractivity contribution in [3.05, 3.63) is 47.5 Å². The lowest BCUT2D eigenvalue weighted by Gasteiger charge is -2.14. The normalized spacial score (nSPS) is 10.1. The van der Waals surface area contributed by atoms with Crippen molar-refractivity contribution in [2.24, 2.45) is 0 Å². The summed E-state index contributed by atoms with van der Waals surface area (Å²) in [6, 6.07) is 10.6. The fraction of sp³-hybridized carbons (Fsp3) is 0.300. The second kappa shape index (κ2) is 9.47. The van der Waals surface area contributed by atoms with Gasteiger partial charge in [-0.2, -0.15) is 0 Å². The Balaban J connectivity index is 1.93. The number of ether oxygens (including phenoxy) is 3. The van der Waals surface area contributed by atoms with Gasteiger partial charge in [-0.15, -0.1) is 0 Å². The first kappa shape index (κ1) is 20.1. The summed E-state index contributed by atoms with van der Waals surface area (Å²) in [7, 11) is 4.52. The van der Waals surface area contributed by atoms with Crippen LogP contribution in [-0.2, 0) is 4.79 Å². The van der Waals surface area contributed by atoms with E-state index in [2.05, 4.69) is 10.6 Å². The molecule has 0 aliphatic rings. The number of methoxy groups -OCH3 is 3. The SMILES string of the molecule is COc1cc(NC(=O)CCNC(=O)c2cccc(C)c2)cc(OC)c1OC. The van der Waals surface area contributed by atoms with Gasteiger partial charge in [-0.3, -0.25) is 9.59 Å². The molecule has 0 fully saturated rings. The van der Waals surface area contributed by atoms with Crippen LogP contribution in [0.4, 0.5) is 5.69 Å². The minimum absolute atomic E-state index is 0.133. The number of rotatable bonds is 8. The maximum absolute atomic E-state index is 12.2. The number of amides is 2. The lowest BCUT2D eigenvalue weighted by Crippen LogP contribution is -2.27. The van der Waals surface area contributed by atoms with E-state index in [1.165, 1.54) is 21.3 Å². The van der Waals surface area contributed by atoms with Crippen LogP contribution in [0.3, 0.4) is 0 Å². The summed E-state index contributed by atoms with van der Waals surface area (Å²) in [5.74, 6) is 0.885. The Kier molecular flexibility index (Phi) is 7.05. The Bertz CT molecular complexity index is 795. The highest BCUT2D eigenvalue weighted by molar-refractivity contribution is 5.95. The van der Waals surface area contributed by atoms with Crippen LogP contribution in [0.5, 0.6) is 17.2 Å². The maximum Gasteiger partial charge on any atom is 0.251 e. The smallest absolute Gasteiger partial charge is 0.251 e. The number of nitrogens with one attached hydrogen (secondary N) is 2. The summed E-state index contributed by atoms with van der Waals surface area (Å²) in [5, 5.41) is 5.50. The summed E-state index contributed by atoms with van der Waals surface area (Å²) in [5.41, 5.74) is 2.09. The quantitative estimate of drug-likeness (QED) is 0.744. The van der Waals surface area contributed by atoms with E-state index >= 15 is 0 Å². The van der Waals surface area contributed by atoms with Gasteiger partial charge < -0.3 is 24.8 Å². The van der Waals surface area contributed by atoms with Gasteiger partial charge in [0.05, 0.1) is 21.3 Å². The summed E-state index contributed by atoms with van der Waals surface area (Å²) < 4.78 is 15.8. The molecule has 0 saturated carbocycles. The molecule has 0 aliphatic carbocycles. The topological polar surface area (TPSA) is 85.9 Å². The van der Waals surface area contributed by atoms with Crippen LogP contribution in [0, 0.1) is 6.92 Å². The van der Waals surface area contributed by atoms with Gasteiger partial charge in [-0.1, -0.05) is 17.7 Å². The molecular weight excluding hydrogens is 348 g/mol. The molecule has 2 rings (SSSR count).